The number of nitrogens with zero attached hydrogens (tertiary/aromatic N) is 3. The minimum absolute atomic E-state index is 0.0261. The monoisotopic (exact) mass is 470 g/mol. The Bertz CT molecular complexity index is 1280. The highest BCUT2D eigenvalue weighted by Gasteiger charge is 2.42. The number of furan rings is 1. The standard InChI is InChI=1S/C27H26N4O2S/c1-2-31-26(23-12-7-13-33-23)29-30-27(31)34-16-24(32)28-15-17-14-22-18-8-3-5-10-20(18)25(17)21-11-6-4-9-19(21)22/h3-13,17,22,25H,2,14-16H2,1H3,(H,28,32). The number of carbonyl (C=O) groups is 1. The van der Waals surface area contributed by atoms with Crippen molar-refractivity contribution in [2.45, 2.75) is 36.9 Å². The molecule has 3 aliphatic rings. The highest BCUT2D eigenvalue weighted by molar-refractivity contribution is 7.99. The lowest BCUT2D eigenvalue weighted by Gasteiger charge is -2.45. The third-order valence-corrected chi connectivity index (χ3v) is 8.06. The summed E-state index contributed by atoms with van der Waals surface area (Å²) < 4.78 is 7.45. The van der Waals surface area contributed by atoms with Gasteiger partial charge in [-0.1, -0.05) is 60.3 Å². The van der Waals surface area contributed by atoms with E-state index in [2.05, 4.69) is 64.0 Å². The van der Waals surface area contributed by atoms with Crippen LogP contribution in [0.1, 0.15) is 47.4 Å². The normalized spacial score (nSPS) is 20.1. The summed E-state index contributed by atoms with van der Waals surface area (Å²) in [5.41, 5.74) is 5.76. The highest BCUT2D eigenvalue weighted by Crippen LogP contribution is 2.55. The fourth-order valence-electron chi connectivity index (χ4n) is 5.65. The first-order valence-electron chi connectivity index (χ1n) is 11.8. The minimum Gasteiger partial charge on any atom is -0.461 e. The van der Waals surface area contributed by atoms with Crippen molar-refractivity contribution in [3.8, 4) is 11.6 Å². The molecular weight excluding hydrogens is 444 g/mol. The average molecular weight is 471 g/mol. The summed E-state index contributed by atoms with van der Waals surface area (Å²) in [6.07, 6.45) is 2.70. The molecule has 2 bridgehead atoms. The molecule has 7 rings (SSSR count). The van der Waals surface area contributed by atoms with E-state index in [1.54, 1.807) is 6.26 Å². The van der Waals surface area contributed by atoms with Crippen molar-refractivity contribution in [1.29, 1.82) is 0 Å². The van der Waals surface area contributed by atoms with Gasteiger partial charge < -0.3 is 9.73 Å². The van der Waals surface area contributed by atoms with Crippen LogP contribution in [-0.2, 0) is 11.3 Å². The molecule has 1 amide bonds. The van der Waals surface area contributed by atoms with Crippen molar-refractivity contribution in [1.82, 2.24) is 20.1 Å². The molecule has 0 aliphatic heterocycles. The van der Waals surface area contributed by atoms with Crippen LogP contribution < -0.4 is 5.32 Å². The Labute approximate surface area is 202 Å². The zero-order valence-electron chi connectivity index (χ0n) is 19.0. The number of rotatable bonds is 7. The van der Waals surface area contributed by atoms with Crippen LogP contribution >= 0.6 is 11.8 Å². The molecule has 3 aliphatic carbocycles. The first kappa shape index (κ1) is 21.2. The van der Waals surface area contributed by atoms with E-state index in [9.17, 15) is 4.79 Å². The molecule has 0 fully saturated rings. The number of hydrogen-bond donors (Lipinski definition) is 1. The summed E-state index contributed by atoms with van der Waals surface area (Å²) in [4.78, 5) is 12.8. The van der Waals surface area contributed by atoms with Gasteiger partial charge in [0.1, 0.15) is 0 Å². The quantitative estimate of drug-likeness (QED) is 0.382. The van der Waals surface area contributed by atoms with E-state index < -0.39 is 0 Å². The molecule has 1 atom stereocenters. The van der Waals surface area contributed by atoms with E-state index in [0.29, 0.717) is 48.2 Å². The van der Waals surface area contributed by atoms with Crippen LogP contribution in [0.3, 0.4) is 0 Å². The molecule has 2 heterocycles. The lowest BCUT2D eigenvalue weighted by Crippen LogP contribution is -2.39. The molecule has 2 aromatic heterocycles. The topological polar surface area (TPSA) is 73.0 Å². The maximum atomic E-state index is 12.8. The summed E-state index contributed by atoms with van der Waals surface area (Å²) in [7, 11) is 0. The van der Waals surface area contributed by atoms with Gasteiger partial charge in [0.25, 0.3) is 0 Å². The summed E-state index contributed by atoms with van der Waals surface area (Å²) in [6.45, 7) is 3.42. The van der Waals surface area contributed by atoms with Crippen LogP contribution in [0.25, 0.3) is 11.6 Å². The van der Waals surface area contributed by atoms with Gasteiger partial charge in [-0.05, 0) is 53.6 Å². The van der Waals surface area contributed by atoms with Gasteiger partial charge in [0.2, 0.25) is 5.91 Å². The zero-order chi connectivity index (χ0) is 23.1. The Kier molecular flexibility index (Phi) is 5.49. The first-order chi connectivity index (χ1) is 16.7. The van der Waals surface area contributed by atoms with Gasteiger partial charge >= 0.3 is 0 Å². The first-order valence-corrected chi connectivity index (χ1v) is 12.8. The predicted molar refractivity (Wildman–Crippen MR) is 132 cm³/mol. The highest BCUT2D eigenvalue weighted by atomic mass is 32.2. The van der Waals surface area contributed by atoms with Crippen LogP contribution in [0, 0.1) is 5.92 Å². The van der Waals surface area contributed by atoms with Crippen molar-refractivity contribution in [2.24, 2.45) is 5.92 Å². The Morgan fingerprint density at radius 2 is 1.74 bits per heavy atom. The average Bonchev–Trinajstić information content (AvgIpc) is 3.56. The van der Waals surface area contributed by atoms with Gasteiger partial charge in [0.15, 0.2) is 16.7 Å². The number of hydrogen-bond acceptors (Lipinski definition) is 5. The fraction of sp³-hybridized carbons (Fsp3) is 0.296. The van der Waals surface area contributed by atoms with E-state index in [1.807, 2.05) is 23.6 Å². The van der Waals surface area contributed by atoms with Crippen LogP contribution in [-0.4, -0.2) is 33.0 Å². The molecule has 0 saturated heterocycles. The summed E-state index contributed by atoms with van der Waals surface area (Å²) in [6, 6.07) is 21.3. The molecular formula is C27H26N4O2S. The van der Waals surface area contributed by atoms with Crippen LogP contribution in [0.5, 0.6) is 0 Å². The minimum atomic E-state index is 0.0261. The number of fused-ring (bicyclic) bond motifs is 1. The number of carbonyl (C=O) groups excluding carboxylic acids is 1. The number of thioether (sulfide) groups is 1. The van der Waals surface area contributed by atoms with Crippen LogP contribution in [0.15, 0.2) is 76.5 Å². The smallest absolute Gasteiger partial charge is 0.230 e. The van der Waals surface area contributed by atoms with Crippen molar-refractivity contribution in [3.05, 3.63) is 89.2 Å². The predicted octanol–water partition coefficient (Wildman–Crippen LogP) is 5.06. The molecule has 172 valence electrons. The second-order valence-corrected chi connectivity index (χ2v) is 9.85. The molecule has 7 heteroatoms. The number of nitrogens with one attached hydrogen (secondary N) is 1. The third-order valence-electron chi connectivity index (χ3n) is 7.09. The van der Waals surface area contributed by atoms with Crippen molar-refractivity contribution in [3.63, 3.8) is 0 Å². The number of benzene rings is 2. The summed E-state index contributed by atoms with van der Waals surface area (Å²) >= 11 is 1.41. The molecule has 0 radical (unpaired) electrons. The van der Waals surface area contributed by atoms with Gasteiger partial charge in [0, 0.05) is 24.9 Å². The second-order valence-electron chi connectivity index (χ2n) is 8.90. The lowest BCUT2D eigenvalue weighted by atomic mass is 9.59. The summed E-state index contributed by atoms with van der Waals surface area (Å²) in [5.74, 6) is 2.85. The fourth-order valence-corrected chi connectivity index (χ4v) is 6.49. The van der Waals surface area contributed by atoms with Crippen molar-refractivity contribution in [2.75, 3.05) is 12.3 Å². The molecule has 6 nitrogen and oxygen atoms in total. The largest absolute Gasteiger partial charge is 0.461 e. The van der Waals surface area contributed by atoms with Gasteiger partial charge in [-0.2, -0.15) is 0 Å². The second kappa shape index (κ2) is 8.80. The van der Waals surface area contributed by atoms with Gasteiger partial charge in [-0.3, -0.25) is 9.36 Å². The Morgan fingerprint density at radius 1 is 1.03 bits per heavy atom. The molecule has 0 saturated carbocycles. The summed E-state index contributed by atoms with van der Waals surface area (Å²) in [5, 5.41) is 12.5. The molecule has 4 aromatic rings. The van der Waals surface area contributed by atoms with E-state index in [1.165, 1.54) is 34.0 Å². The number of amides is 1. The van der Waals surface area contributed by atoms with Crippen molar-refractivity contribution < 1.29 is 9.21 Å². The lowest BCUT2D eigenvalue weighted by molar-refractivity contribution is -0.118. The maximum Gasteiger partial charge on any atom is 0.230 e. The van der Waals surface area contributed by atoms with Gasteiger partial charge in [-0.15, -0.1) is 10.2 Å². The van der Waals surface area contributed by atoms with E-state index >= 15 is 0 Å². The van der Waals surface area contributed by atoms with Crippen LogP contribution in [0.4, 0.5) is 0 Å². The van der Waals surface area contributed by atoms with E-state index in [4.69, 9.17) is 4.42 Å². The van der Waals surface area contributed by atoms with Crippen LogP contribution in [0.2, 0.25) is 0 Å². The zero-order valence-corrected chi connectivity index (χ0v) is 19.8. The van der Waals surface area contributed by atoms with Gasteiger partial charge in [-0.25, -0.2) is 0 Å². The Morgan fingerprint density at radius 3 is 2.38 bits per heavy atom. The molecule has 1 N–H and O–H groups in total. The molecule has 34 heavy (non-hydrogen) atoms. The van der Waals surface area contributed by atoms with Crippen molar-refractivity contribution >= 4 is 17.7 Å². The third kappa shape index (κ3) is 3.55. The Hall–Kier alpha value is -3.32. The SMILES string of the molecule is CCn1c(SCC(=O)NCC2CC3c4ccccc4C2c2ccccc23)nnc1-c1ccco1. The number of aromatic nitrogens is 3. The van der Waals surface area contributed by atoms with E-state index in [-0.39, 0.29) is 5.91 Å². The maximum absolute atomic E-state index is 12.8. The molecule has 1 unspecified atom stereocenters. The molecule has 0 spiro atoms. The van der Waals surface area contributed by atoms with Gasteiger partial charge in [0.05, 0.1) is 12.0 Å². The molecule has 2 aromatic carbocycles. The Balaban J connectivity index is 1.13. The van der Waals surface area contributed by atoms with E-state index in [0.717, 1.165) is 11.6 Å².